The van der Waals surface area contributed by atoms with Gasteiger partial charge in [0.2, 0.25) is 0 Å². The highest BCUT2D eigenvalue weighted by molar-refractivity contribution is 5.99. The Labute approximate surface area is 124 Å². The Balaban J connectivity index is 2.03. The number of rotatable bonds is 4. The molecule has 1 heterocycles. The van der Waals surface area contributed by atoms with Crippen LogP contribution < -0.4 is 0 Å². The molecule has 0 fully saturated rings. The van der Waals surface area contributed by atoms with Gasteiger partial charge in [0.05, 0.1) is 0 Å². The molecule has 21 heavy (non-hydrogen) atoms. The van der Waals surface area contributed by atoms with Gasteiger partial charge in [-0.3, -0.25) is 4.79 Å². The van der Waals surface area contributed by atoms with E-state index in [1.165, 1.54) is 4.90 Å². The monoisotopic (exact) mass is 279 g/mol. The summed E-state index contributed by atoms with van der Waals surface area (Å²) in [5.41, 5.74) is 0.899. The van der Waals surface area contributed by atoms with Crippen molar-refractivity contribution in [1.29, 1.82) is 0 Å². The van der Waals surface area contributed by atoms with E-state index in [1.807, 2.05) is 48.5 Å². The van der Waals surface area contributed by atoms with Gasteiger partial charge in [-0.1, -0.05) is 54.6 Å². The Bertz CT molecular complexity index is 681. The van der Waals surface area contributed by atoms with Crippen LogP contribution >= 0.6 is 0 Å². The minimum Gasteiger partial charge on any atom is -0.366 e. The van der Waals surface area contributed by atoms with Crippen molar-refractivity contribution in [1.82, 2.24) is 4.90 Å². The Morgan fingerprint density at radius 3 is 2.48 bits per heavy atom. The number of amides is 1. The van der Waals surface area contributed by atoms with Gasteiger partial charge in [-0.2, -0.15) is 0 Å². The number of hydrogen-bond donors (Lipinski definition) is 1. The third-order valence-electron chi connectivity index (χ3n) is 3.89. The van der Waals surface area contributed by atoms with E-state index in [4.69, 9.17) is 0 Å². The van der Waals surface area contributed by atoms with Crippen molar-refractivity contribution in [2.45, 2.75) is 18.7 Å². The number of aliphatic hydroxyl groups is 1. The molecule has 0 saturated carbocycles. The molecule has 2 aromatic carbocycles. The van der Waals surface area contributed by atoms with Crippen molar-refractivity contribution in [2.24, 2.45) is 0 Å². The fraction of sp³-hybridized carbons (Fsp3) is 0.167. The second-order valence-electron chi connectivity index (χ2n) is 5.23. The quantitative estimate of drug-likeness (QED) is 0.874. The lowest BCUT2D eigenvalue weighted by atomic mass is 9.98. The Hall–Kier alpha value is -2.39. The van der Waals surface area contributed by atoms with E-state index in [-0.39, 0.29) is 5.91 Å². The zero-order valence-electron chi connectivity index (χ0n) is 11.7. The predicted octanol–water partition coefficient (Wildman–Crippen LogP) is 3.06. The SMILES string of the molecule is C=CCC1(O)c2ccccc2C(=O)N1Cc1ccccc1. The van der Waals surface area contributed by atoms with Crippen molar-refractivity contribution < 1.29 is 9.90 Å². The Kier molecular flexibility index (Phi) is 3.35. The summed E-state index contributed by atoms with van der Waals surface area (Å²) in [6.07, 6.45) is 1.95. The molecule has 106 valence electrons. The number of nitrogens with zero attached hydrogens (tertiary/aromatic N) is 1. The van der Waals surface area contributed by atoms with Gasteiger partial charge in [-0.05, 0) is 11.6 Å². The van der Waals surface area contributed by atoms with Crippen molar-refractivity contribution in [3.8, 4) is 0 Å². The second kappa shape index (κ2) is 5.19. The first-order chi connectivity index (χ1) is 10.2. The van der Waals surface area contributed by atoms with E-state index >= 15 is 0 Å². The molecular formula is C18H17NO2. The van der Waals surface area contributed by atoms with Crippen LogP contribution in [0.25, 0.3) is 0 Å². The van der Waals surface area contributed by atoms with Crippen LogP contribution in [0.3, 0.4) is 0 Å². The molecule has 0 bridgehead atoms. The first-order valence-electron chi connectivity index (χ1n) is 6.95. The minimum atomic E-state index is -1.31. The van der Waals surface area contributed by atoms with Crippen molar-refractivity contribution in [2.75, 3.05) is 0 Å². The van der Waals surface area contributed by atoms with Gasteiger partial charge in [0.25, 0.3) is 5.91 Å². The zero-order chi connectivity index (χ0) is 14.9. The summed E-state index contributed by atoms with van der Waals surface area (Å²) >= 11 is 0. The highest BCUT2D eigenvalue weighted by Gasteiger charge is 2.47. The molecule has 3 heteroatoms. The molecule has 1 amide bonds. The molecule has 0 saturated heterocycles. The van der Waals surface area contributed by atoms with Gasteiger partial charge in [-0.25, -0.2) is 0 Å². The van der Waals surface area contributed by atoms with Crippen molar-refractivity contribution in [3.63, 3.8) is 0 Å². The summed E-state index contributed by atoms with van der Waals surface area (Å²) in [4.78, 5) is 14.1. The summed E-state index contributed by atoms with van der Waals surface area (Å²) in [7, 11) is 0. The van der Waals surface area contributed by atoms with Crippen molar-refractivity contribution in [3.05, 3.63) is 83.9 Å². The molecule has 1 atom stereocenters. The molecule has 0 aromatic heterocycles. The van der Waals surface area contributed by atoms with Gasteiger partial charge in [-0.15, -0.1) is 6.58 Å². The van der Waals surface area contributed by atoms with Crippen LogP contribution in [-0.4, -0.2) is 15.9 Å². The Morgan fingerprint density at radius 2 is 1.76 bits per heavy atom. The number of fused-ring (bicyclic) bond motifs is 1. The first kappa shape index (κ1) is 13.6. The lowest BCUT2D eigenvalue weighted by molar-refractivity contribution is -0.0858. The van der Waals surface area contributed by atoms with Gasteiger partial charge < -0.3 is 10.0 Å². The largest absolute Gasteiger partial charge is 0.366 e. The molecule has 0 aliphatic carbocycles. The molecule has 3 nitrogen and oxygen atoms in total. The van der Waals surface area contributed by atoms with E-state index in [9.17, 15) is 9.90 Å². The third kappa shape index (κ3) is 2.16. The fourth-order valence-electron chi connectivity index (χ4n) is 2.87. The number of benzene rings is 2. The molecule has 1 N–H and O–H groups in total. The summed E-state index contributed by atoms with van der Waals surface area (Å²) in [6, 6.07) is 16.9. The van der Waals surface area contributed by atoms with Crippen LogP contribution in [0.1, 0.15) is 27.9 Å². The maximum atomic E-state index is 12.6. The third-order valence-corrected chi connectivity index (χ3v) is 3.89. The fourth-order valence-corrected chi connectivity index (χ4v) is 2.87. The van der Waals surface area contributed by atoms with Crippen LogP contribution in [-0.2, 0) is 12.3 Å². The Morgan fingerprint density at radius 1 is 1.10 bits per heavy atom. The van der Waals surface area contributed by atoms with Gasteiger partial charge >= 0.3 is 0 Å². The molecule has 0 radical (unpaired) electrons. The molecule has 2 aromatic rings. The summed E-state index contributed by atoms with van der Waals surface area (Å²) < 4.78 is 0. The predicted molar refractivity (Wildman–Crippen MR) is 81.5 cm³/mol. The van der Waals surface area contributed by atoms with Gasteiger partial charge in [0, 0.05) is 24.1 Å². The molecule has 0 spiro atoms. The molecular weight excluding hydrogens is 262 g/mol. The van der Waals surface area contributed by atoms with E-state index in [1.54, 1.807) is 12.1 Å². The highest BCUT2D eigenvalue weighted by Crippen LogP contribution is 2.40. The topological polar surface area (TPSA) is 40.5 Å². The van der Waals surface area contributed by atoms with Crippen LogP contribution in [0.4, 0.5) is 0 Å². The molecule has 1 unspecified atom stereocenters. The summed E-state index contributed by atoms with van der Waals surface area (Å²) in [5.74, 6) is -0.140. The van der Waals surface area contributed by atoms with Crippen LogP contribution in [0, 0.1) is 0 Å². The average Bonchev–Trinajstić information content (AvgIpc) is 2.72. The zero-order valence-corrected chi connectivity index (χ0v) is 11.7. The minimum absolute atomic E-state index is 0.140. The molecule has 3 rings (SSSR count). The number of carbonyl (C=O) groups is 1. The van der Waals surface area contributed by atoms with E-state index in [2.05, 4.69) is 6.58 Å². The maximum absolute atomic E-state index is 12.6. The van der Waals surface area contributed by atoms with Crippen LogP contribution in [0.5, 0.6) is 0 Å². The van der Waals surface area contributed by atoms with E-state index in [0.717, 1.165) is 5.56 Å². The lowest BCUT2D eigenvalue weighted by Gasteiger charge is -2.33. The molecule has 1 aliphatic heterocycles. The highest BCUT2D eigenvalue weighted by atomic mass is 16.3. The van der Waals surface area contributed by atoms with Crippen molar-refractivity contribution >= 4 is 5.91 Å². The maximum Gasteiger partial charge on any atom is 0.257 e. The standard InChI is InChI=1S/C18H17NO2/c1-2-12-18(21)16-11-7-6-10-15(16)17(20)19(18)13-14-8-4-3-5-9-14/h2-11,21H,1,12-13H2. The van der Waals surface area contributed by atoms with Gasteiger partial charge in [0.15, 0.2) is 5.72 Å². The first-order valence-corrected chi connectivity index (χ1v) is 6.95. The van der Waals surface area contributed by atoms with E-state index < -0.39 is 5.72 Å². The number of carbonyl (C=O) groups excluding carboxylic acids is 1. The smallest absolute Gasteiger partial charge is 0.257 e. The second-order valence-corrected chi connectivity index (χ2v) is 5.23. The van der Waals surface area contributed by atoms with Gasteiger partial charge in [0.1, 0.15) is 0 Å². The number of hydrogen-bond acceptors (Lipinski definition) is 2. The summed E-state index contributed by atoms with van der Waals surface area (Å²) in [5, 5.41) is 11.1. The average molecular weight is 279 g/mol. The van der Waals surface area contributed by atoms with Crippen LogP contribution in [0.2, 0.25) is 0 Å². The van der Waals surface area contributed by atoms with E-state index in [0.29, 0.717) is 24.1 Å². The lowest BCUT2D eigenvalue weighted by Crippen LogP contribution is -2.42. The molecule has 1 aliphatic rings. The summed E-state index contributed by atoms with van der Waals surface area (Å²) in [6.45, 7) is 4.08. The van der Waals surface area contributed by atoms with Crippen LogP contribution in [0.15, 0.2) is 67.3 Å². The normalized spacial score (nSPS) is 20.4.